The lowest BCUT2D eigenvalue weighted by Crippen LogP contribution is -2.05. The first-order valence-electron chi connectivity index (χ1n) is 4.07. The Labute approximate surface area is 98.0 Å². The van der Waals surface area contributed by atoms with Crippen LogP contribution in [-0.4, -0.2) is 13.1 Å². The maximum absolute atomic E-state index is 11.0. The Morgan fingerprint density at radius 3 is 2.87 bits per heavy atom. The number of carbonyl (C=O) groups excluding carboxylic acids is 1. The molecule has 1 aromatic rings. The Morgan fingerprint density at radius 1 is 1.67 bits per heavy atom. The fourth-order valence-electron chi connectivity index (χ4n) is 1.06. The summed E-state index contributed by atoms with van der Waals surface area (Å²) >= 11 is 10.0. The predicted molar refractivity (Wildman–Crippen MR) is 59.1 cm³/mol. The summed E-state index contributed by atoms with van der Waals surface area (Å²) in [6, 6.07) is 5.13. The monoisotopic (exact) mass is 241 g/mol. The van der Waals surface area contributed by atoms with Crippen LogP contribution in [0.25, 0.3) is 0 Å². The van der Waals surface area contributed by atoms with Gasteiger partial charge < -0.3 is 4.74 Å². The minimum Gasteiger partial charge on any atom is -0.469 e. The highest BCUT2D eigenvalue weighted by Gasteiger charge is 2.11. The lowest BCUT2D eigenvalue weighted by Gasteiger charge is -2.06. The molecule has 0 aliphatic heterocycles. The molecule has 0 saturated carbocycles. The Balaban J connectivity index is 3.08. The summed E-state index contributed by atoms with van der Waals surface area (Å²) in [5, 5.41) is 8.97. The molecular formula is C10H8ClNO2S. The van der Waals surface area contributed by atoms with Crippen LogP contribution < -0.4 is 0 Å². The lowest BCUT2D eigenvalue weighted by molar-refractivity contribution is -0.139. The quantitative estimate of drug-likeness (QED) is 0.638. The van der Waals surface area contributed by atoms with Gasteiger partial charge in [0.2, 0.25) is 0 Å². The summed E-state index contributed by atoms with van der Waals surface area (Å²) in [6.07, 6.45) is 0.0980. The number of rotatable bonds is 2. The fourth-order valence-corrected chi connectivity index (χ4v) is 1.56. The van der Waals surface area contributed by atoms with E-state index in [1.165, 1.54) is 7.11 Å². The zero-order valence-electron chi connectivity index (χ0n) is 7.95. The Kier molecular flexibility index (Phi) is 4.01. The van der Waals surface area contributed by atoms with Crippen LogP contribution in [0.3, 0.4) is 0 Å². The zero-order valence-corrected chi connectivity index (χ0v) is 9.60. The summed E-state index contributed by atoms with van der Waals surface area (Å²) < 4.78 is 4.52. The van der Waals surface area contributed by atoms with Crippen molar-refractivity contribution in [3.8, 4) is 6.07 Å². The maximum atomic E-state index is 11.0. The first-order valence-corrected chi connectivity index (χ1v) is 4.90. The molecule has 5 heteroatoms. The Morgan fingerprint density at radius 2 is 2.33 bits per heavy atom. The van der Waals surface area contributed by atoms with Crippen LogP contribution in [0.4, 0.5) is 0 Å². The third-order valence-corrected chi connectivity index (χ3v) is 2.92. The molecule has 1 aromatic carbocycles. The van der Waals surface area contributed by atoms with Crippen LogP contribution in [-0.2, 0) is 16.0 Å². The number of hydrogen-bond acceptors (Lipinski definition) is 4. The zero-order chi connectivity index (χ0) is 11.4. The first kappa shape index (κ1) is 11.9. The number of ether oxygens (including phenoxy) is 1. The molecule has 0 heterocycles. The smallest absolute Gasteiger partial charge is 0.310 e. The molecule has 0 atom stereocenters. The standard InChI is InChI=1S/C10H8ClNO2S/c1-14-8(13)4-6-2-3-7(5-12)9(11)10(6)15/h2-3,15H,4H2,1H3. The van der Waals surface area contributed by atoms with Gasteiger partial charge in [0.1, 0.15) is 6.07 Å². The van der Waals surface area contributed by atoms with E-state index in [4.69, 9.17) is 16.9 Å². The normalized spacial score (nSPS) is 9.47. The predicted octanol–water partition coefficient (Wildman–Crippen LogP) is 2.22. The van der Waals surface area contributed by atoms with Gasteiger partial charge >= 0.3 is 5.97 Å². The molecule has 78 valence electrons. The summed E-state index contributed by atoms with van der Waals surface area (Å²) in [4.78, 5) is 11.5. The average molecular weight is 242 g/mol. The summed E-state index contributed by atoms with van der Waals surface area (Å²) in [6.45, 7) is 0. The second-order valence-electron chi connectivity index (χ2n) is 2.80. The Hall–Kier alpha value is -1.18. The van der Waals surface area contributed by atoms with Gasteiger partial charge in [-0.2, -0.15) is 5.26 Å². The van der Waals surface area contributed by atoms with Gasteiger partial charge in [0, 0.05) is 4.90 Å². The van der Waals surface area contributed by atoms with E-state index in [0.717, 1.165) is 0 Å². The molecule has 0 aliphatic rings. The molecule has 0 aliphatic carbocycles. The van der Waals surface area contributed by atoms with Gasteiger partial charge in [0.05, 0.1) is 24.1 Å². The Bertz CT molecular complexity index is 440. The summed E-state index contributed by atoms with van der Waals surface area (Å²) in [7, 11) is 1.31. The molecule has 0 radical (unpaired) electrons. The van der Waals surface area contributed by atoms with Crippen LogP contribution in [0.15, 0.2) is 17.0 Å². The highest BCUT2D eigenvalue weighted by Crippen LogP contribution is 2.27. The molecular weight excluding hydrogens is 234 g/mol. The number of hydrogen-bond donors (Lipinski definition) is 1. The molecule has 0 unspecified atom stereocenters. The van der Waals surface area contributed by atoms with Gasteiger partial charge in [-0.15, -0.1) is 12.6 Å². The van der Waals surface area contributed by atoms with Crippen molar-refractivity contribution in [1.29, 1.82) is 5.26 Å². The van der Waals surface area contributed by atoms with E-state index in [1.807, 2.05) is 6.07 Å². The SMILES string of the molecule is COC(=O)Cc1ccc(C#N)c(Cl)c1S. The van der Waals surface area contributed by atoms with Crippen molar-refractivity contribution in [2.24, 2.45) is 0 Å². The topological polar surface area (TPSA) is 50.1 Å². The minimum absolute atomic E-state index is 0.0980. The molecule has 0 fully saturated rings. The van der Waals surface area contributed by atoms with Crippen LogP contribution in [0.5, 0.6) is 0 Å². The third kappa shape index (κ3) is 2.65. The number of benzene rings is 1. The van der Waals surface area contributed by atoms with Crippen molar-refractivity contribution in [2.45, 2.75) is 11.3 Å². The molecule has 0 spiro atoms. The lowest BCUT2D eigenvalue weighted by atomic mass is 10.1. The third-order valence-electron chi connectivity index (χ3n) is 1.88. The van der Waals surface area contributed by atoms with E-state index in [0.29, 0.717) is 16.0 Å². The van der Waals surface area contributed by atoms with Gasteiger partial charge in [-0.1, -0.05) is 17.7 Å². The van der Waals surface area contributed by atoms with Gasteiger partial charge in [0.15, 0.2) is 0 Å². The van der Waals surface area contributed by atoms with Crippen molar-refractivity contribution in [3.05, 3.63) is 28.3 Å². The van der Waals surface area contributed by atoms with Crippen molar-refractivity contribution in [2.75, 3.05) is 7.11 Å². The number of carbonyl (C=O) groups is 1. The highest BCUT2D eigenvalue weighted by atomic mass is 35.5. The number of methoxy groups -OCH3 is 1. The second kappa shape index (κ2) is 5.06. The van der Waals surface area contributed by atoms with Crippen LogP contribution in [0.2, 0.25) is 5.02 Å². The number of esters is 1. The van der Waals surface area contributed by atoms with Gasteiger partial charge in [0.25, 0.3) is 0 Å². The molecule has 0 aromatic heterocycles. The van der Waals surface area contributed by atoms with Crippen molar-refractivity contribution < 1.29 is 9.53 Å². The second-order valence-corrected chi connectivity index (χ2v) is 3.62. The van der Waals surface area contributed by atoms with E-state index in [9.17, 15) is 4.79 Å². The molecule has 0 amide bonds. The molecule has 0 bridgehead atoms. The number of thiol groups is 1. The largest absolute Gasteiger partial charge is 0.469 e. The number of nitriles is 1. The maximum Gasteiger partial charge on any atom is 0.310 e. The van der Waals surface area contributed by atoms with Crippen molar-refractivity contribution in [1.82, 2.24) is 0 Å². The van der Waals surface area contributed by atoms with E-state index in [2.05, 4.69) is 17.4 Å². The van der Waals surface area contributed by atoms with Gasteiger partial charge in [-0.3, -0.25) is 4.79 Å². The molecule has 1 rings (SSSR count). The number of nitrogens with zero attached hydrogens (tertiary/aromatic N) is 1. The fraction of sp³-hybridized carbons (Fsp3) is 0.200. The molecule has 3 nitrogen and oxygen atoms in total. The van der Waals surface area contributed by atoms with Crippen molar-refractivity contribution in [3.63, 3.8) is 0 Å². The summed E-state index contributed by atoms with van der Waals surface area (Å²) in [5.74, 6) is -0.369. The van der Waals surface area contributed by atoms with Gasteiger partial charge in [-0.25, -0.2) is 0 Å². The highest BCUT2D eigenvalue weighted by molar-refractivity contribution is 7.80. The average Bonchev–Trinajstić information content (AvgIpc) is 2.25. The van der Waals surface area contributed by atoms with Gasteiger partial charge in [-0.05, 0) is 11.6 Å². The van der Waals surface area contributed by atoms with Crippen LogP contribution in [0.1, 0.15) is 11.1 Å². The first-order chi connectivity index (χ1) is 7.10. The summed E-state index contributed by atoms with van der Waals surface area (Å²) in [5.41, 5.74) is 0.990. The van der Waals surface area contributed by atoms with Crippen molar-refractivity contribution >= 4 is 30.2 Å². The number of halogens is 1. The van der Waals surface area contributed by atoms with Crippen LogP contribution in [0, 0.1) is 11.3 Å². The minimum atomic E-state index is -0.369. The molecule has 0 N–H and O–H groups in total. The van der Waals surface area contributed by atoms with Crippen LogP contribution >= 0.6 is 24.2 Å². The molecule has 0 saturated heterocycles. The van der Waals surface area contributed by atoms with E-state index < -0.39 is 0 Å². The van der Waals surface area contributed by atoms with E-state index in [-0.39, 0.29) is 17.4 Å². The van der Waals surface area contributed by atoms with E-state index >= 15 is 0 Å². The van der Waals surface area contributed by atoms with E-state index in [1.54, 1.807) is 12.1 Å². The molecule has 15 heavy (non-hydrogen) atoms.